The van der Waals surface area contributed by atoms with E-state index in [-0.39, 0.29) is 11.0 Å². The number of allylic oxidation sites excluding steroid dienone is 1. The molecule has 0 radical (unpaired) electrons. The fourth-order valence-electron chi connectivity index (χ4n) is 2.80. The normalized spacial score (nSPS) is 18.9. The maximum absolute atomic E-state index is 10.7. The van der Waals surface area contributed by atoms with Crippen molar-refractivity contribution >= 4 is 17.9 Å². The van der Waals surface area contributed by atoms with Gasteiger partial charge in [0.1, 0.15) is 17.3 Å². The topological polar surface area (TPSA) is 98.4 Å². The summed E-state index contributed by atoms with van der Waals surface area (Å²) in [4.78, 5) is 12.8. The van der Waals surface area contributed by atoms with Gasteiger partial charge in [0.2, 0.25) is 0 Å². The van der Waals surface area contributed by atoms with Crippen LogP contribution in [0.15, 0.2) is 47.0 Å². The average Bonchev–Trinajstić information content (AvgIpc) is 2.52. The summed E-state index contributed by atoms with van der Waals surface area (Å²) in [5, 5.41) is 0.154. The van der Waals surface area contributed by atoms with Gasteiger partial charge < -0.3 is 22.1 Å². The summed E-state index contributed by atoms with van der Waals surface area (Å²) in [6.07, 6.45) is 4.54. The Bertz CT molecular complexity index is 587. The minimum atomic E-state index is 0.154. The SMILES string of the molecule is NC(N)=C(/C=C(\N)Cl)N1CCCC(c2ccc(C=O)cc2)C1. The Balaban J connectivity index is 2.18. The van der Waals surface area contributed by atoms with Gasteiger partial charge in [-0.05, 0) is 24.5 Å². The van der Waals surface area contributed by atoms with E-state index in [1.165, 1.54) is 5.56 Å². The van der Waals surface area contributed by atoms with Gasteiger partial charge >= 0.3 is 0 Å². The van der Waals surface area contributed by atoms with E-state index in [1.54, 1.807) is 6.08 Å². The first kappa shape index (κ1) is 16.2. The van der Waals surface area contributed by atoms with Crippen molar-refractivity contribution in [2.45, 2.75) is 18.8 Å². The van der Waals surface area contributed by atoms with Crippen LogP contribution in [0, 0.1) is 0 Å². The van der Waals surface area contributed by atoms with E-state index in [4.69, 9.17) is 28.8 Å². The Kier molecular flexibility index (Phi) is 5.33. The van der Waals surface area contributed by atoms with Crippen LogP contribution in [0.3, 0.4) is 0 Å². The summed E-state index contributed by atoms with van der Waals surface area (Å²) < 4.78 is 0. The molecular weight excluding hydrogens is 300 g/mol. The van der Waals surface area contributed by atoms with Crippen molar-refractivity contribution in [1.29, 1.82) is 0 Å². The number of hydrogen-bond donors (Lipinski definition) is 3. The highest BCUT2D eigenvalue weighted by Gasteiger charge is 2.23. The van der Waals surface area contributed by atoms with Gasteiger partial charge in [0, 0.05) is 24.6 Å². The maximum atomic E-state index is 10.7. The molecule has 1 unspecified atom stereocenters. The van der Waals surface area contributed by atoms with Crippen LogP contribution in [0.2, 0.25) is 0 Å². The van der Waals surface area contributed by atoms with Gasteiger partial charge in [-0.2, -0.15) is 0 Å². The molecule has 1 aliphatic heterocycles. The zero-order valence-corrected chi connectivity index (χ0v) is 13.1. The molecule has 118 valence electrons. The van der Waals surface area contributed by atoms with Crippen LogP contribution in [0.25, 0.3) is 0 Å². The van der Waals surface area contributed by atoms with Crippen LogP contribution in [-0.2, 0) is 0 Å². The van der Waals surface area contributed by atoms with Crippen LogP contribution in [0.4, 0.5) is 0 Å². The van der Waals surface area contributed by atoms with Crippen LogP contribution in [-0.4, -0.2) is 24.3 Å². The Hall–Kier alpha value is -2.14. The number of rotatable bonds is 4. The van der Waals surface area contributed by atoms with Gasteiger partial charge in [0.05, 0.1) is 5.70 Å². The largest absolute Gasteiger partial charge is 0.389 e. The molecule has 6 heteroatoms. The summed E-state index contributed by atoms with van der Waals surface area (Å²) >= 11 is 5.76. The second-order valence-corrected chi connectivity index (χ2v) is 5.88. The van der Waals surface area contributed by atoms with Crippen molar-refractivity contribution in [2.75, 3.05) is 13.1 Å². The van der Waals surface area contributed by atoms with Crippen molar-refractivity contribution in [3.05, 3.63) is 58.1 Å². The van der Waals surface area contributed by atoms with Gasteiger partial charge in [0.15, 0.2) is 0 Å². The monoisotopic (exact) mass is 320 g/mol. The van der Waals surface area contributed by atoms with Crippen molar-refractivity contribution in [3.63, 3.8) is 0 Å². The number of carbonyl (C=O) groups excluding carboxylic acids is 1. The van der Waals surface area contributed by atoms with E-state index in [1.807, 2.05) is 24.3 Å². The van der Waals surface area contributed by atoms with Crippen molar-refractivity contribution < 1.29 is 4.79 Å². The van der Waals surface area contributed by atoms with Gasteiger partial charge in [-0.25, -0.2) is 0 Å². The van der Waals surface area contributed by atoms with Crippen LogP contribution in [0.1, 0.15) is 34.7 Å². The predicted molar refractivity (Wildman–Crippen MR) is 88.9 cm³/mol. The number of piperidine rings is 1. The zero-order valence-electron chi connectivity index (χ0n) is 12.3. The maximum Gasteiger partial charge on any atom is 0.150 e. The minimum Gasteiger partial charge on any atom is -0.389 e. The summed E-state index contributed by atoms with van der Waals surface area (Å²) in [6, 6.07) is 7.68. The Labute approximate surface area is 135 Å². The summed E-state index contributed by atoms with van der Waals surface area (Å²) in [7, 11) is 0. The highest BCUT2D eigenvalue weighted by Crippen LogP contribution is 2.29. The molecule has 0 spiro atoms. The van der Waals surface area contributed by atoms with Crippen molar-refractivity contribution in [1.82, 2.24) is 4.90 Å². The van der Waals surface area contributed by atoms with E-state index in [2.05, 4.69) is 4.90 Å². The fourth-order valence-corrected chi connectivity index (χ4v) is 2.91. The van der Waals surface area contributed by atoms with E-state index in [0.717, 1.165) is 32.2 Å². The zero-order chi connectivity index (χ0) is 16.1. The number of nitrogens with two attached hydrogens (primary N) is 3. The van der Waals surface area contributed by atoms with Gasteiger partial charge in [0.25, 0.3) is 0 Å². The molecule has 5 nitrogen and oxygen atoms in total. The van der Waals surface area contributed by atoms with Gasteiger partial charge in [-0.15, -0.1) is 0 Å². The first-order valence-corrected chi connectivity index (χ1v) is 7.57. The van der Waals surface area contributed by atoms with Crippen LogP contribution in [0.5, 0.6) is 0 Å². The lowest BCUT2D eigenvalue weighted by Crippen LogP contribution is -2.36. The van der Waals surface area contributed by atoms with E-state index in [0.29, 0.717) is 17.2 Å². The molecule has 1 atom stereocenters. The highest BCUT2D eigenvalue weighted by atomic mass is 35.5. The summed E-state index contributed by atoms with van der Waals surface area (Å²) in [5.74, 6) is 0.564. The third kappa shape index (κ3) is 3.95. The van der Waals surface area contributed by atoms with E-state index >= 15 is 0 Å². The summed E-state index contributed by atoms with van der Waals surface area (Å²) in [6.45, 7) is 1.64. The standard InChI is InChI=1S/C16H21ClN4O/c17-15(18)8-14(16(19)20)21-7-1-2-13(9-21)12-5-3-11(10-22)4-6-12/h3-6,8,10,13H,1-2,7,9,18-20H2/b15-8-. The molecule has 22 heavy (non-hydrogen) atoms. The number of benzene rings is 1. The molecule has 1 aliphatic rings. The average molecular weight is 321 g/mol. The van der Waals surface area contributed by atoms with E-state index < -0.39 is 0 Å². The smallest absolute Gasteiger partial charge is 0.150 e. The number of carbonyl (C=O) groups is 1. The lowest BCUT2D eigenvalue weighted by atomic mass is 9.90. The quantitative estimate of drug-likeness (QED) is 0.446. The number of halogens is 1. The molecule has 0 bridgehead atoms. The fraction of sp³-hybridized carbons (Fsp3) is 0.312. The lowest BCUT2D eigenvalue weighted by molar-refractivity contribution is 0.112. The van der Waals surface area contributed by atoms with Crippen molar-refractivity contribution in [3.8, 4) is 0 Å². The lowest BCUT2D eigenvalue weighted by Gasteiger charge is -2.35. The number of hydrogen-bond acceptors (Lipinski definition) is 5. The second kappa shape index (κ2) is 7.22. The molecular formula is C16H21ClN4O. The first-order chi connectivity index (χ1) is 10.5. The molecule has 1 fully saturated rings. The second-order valence-electron chi connectivity index (χ2n) is 5.44. The molecule has 1 aromatic carbocycles. The number of nitrogens with zero attached hydrogens (tertiary/aromatic N) is 1. The number of aldehydes is 1. The Morgan fingerprint density at radius 2 is 1.91 bits per heavy atom. The highest BCUT2D eigenvalue weighted by molar-refractivity contribution is 6.29. The molecule has 0 saturated carbocycles. The first-order valence-electron chi connectivity index (χ1n) is 7.19. The number of likely N-dealkylation sites (tertiary alicyclic amines) is 1. The molecule has 0 aliphatic carbocycles. The molecule has 0 aromatic heterocycles. The van der Waals surface area contributed by atoms with Crippen LogP contribution < -0.4 is 17.2 Å². The van der Waals surface area contributed by atoms with E-state index in [9.17, 15) is 4.79 Å². The predicted octanol–water partition coefficient (Wildman–Crippen LogP) is 1.80. The molecule has 2 rings (SSSR count). The molecule has 1 saturated heterocycles. The molecule has 1 heterocycles. The van der Waals surface area contributed by atoms with Gasteiger partial charge in [-0.3, -0.25) is 4.79 Å². The minimum absolute atomic E-state index is 0.154. The molecule has 0 amide bonds. The Morgan fingerprint density at radius 3 is 2.45 bits per heavy atom. The third-order valence-corrected chi connectivity index (χ3v) is 3.99. The molecule has 1 aromatic rings. The third-order valence-electron chi connectivity index (χ3n) is 3.88. The van der Waals surface area contributed by atoms with Crippen molar-refractivity contribution in [2.24, 2.45) is 17.2 Å². The van der Waals surface area contributed by atoms with Gasteiger partial charge in [-0.1, -0.05) is 35.9 Å². The Morgan fingerprint density at radius 1 is 1.23 bits per heavy atom. The summed E-state index contributed by atoms with van der Waals surface area (Å²) in [5.41, 5.74) is 19.6. The molecule has 6 N–H and O–H groups in total. The van der Waals surface area contributed by atoms with Crippen LogP contribution >= 0.6 is 11.6 Å².